The lowest BCUT2D eigenvalue weighted by molar-refractivity contribution is -0.183. The molecule has 0 saturated carbocycles. The summed E-state index contributed by atoms with van der Waals surface area (Å²) in [5.41, 5.74) is 1.91. The maximum absolute atomic E-state index is 12.6. The average Bonchev–Trinajstić information content (AvgIpc) is 2.81. The maximum atomic E-state index is 12.6. The summed E-state index contributed by atoms with van der Waals surface area (Å²) >= 11 is 0. The zero-order valence-electron chi connectivity index (χ0n) is 20.0. The van der Waals surface area contributed by atoms with E-state index < -0.39 is 29.9 Å². The van der Waals surface area contributed by atoms with Crippen molar-refractivity contribution in [2.75, 3.05) is 0 Å². The second kappa shape index (κ2) is 17.0. The number of halogens is 1. The number of allylic oxidation sites excluding steroid dienone is 2. The van der Waals surface area contributed by atoms with Gasteiger partial charge < -0.3 is 15.7 Å². The van der Waals surface area contributed by atoms with Crippen LogP contribution in [0.1, 0.15) is 51.2 Å². The Balaban J connectivity index is 0.00000251. The van der Waals surface area contributed by atoms with E-state index in [1.165, 1.54) is 0 Å². The summed E-state index contributed by atoms with van der Waals surface area (Å²) in [6.45, 7) is 12.2. The van der Waals surface area contributed by atoms with Gasteiger partial charge in [-0.2, -0.15) is 0 Å². The first-order valence-corrected chi connectivity index (χ1v) is 11.0. The quantitative estimate of drug-likeness (QED) is 0.373. The molecule has 1 rings (SSSR count). The van der Waals surface area contributed by atoms with Gasteiger partial charge in [0.25, 0.3) is 0 Å². The highest BCUT2D eigenvalue weighted by atomic mass is 19.3. The smallest absolute Gasteiger partial charge is 0.348 e. The molecular formula is C25H35FN2O6. The van der Waals surface area contributed by atoms with Crippen LogP contribution in [-0.2, 0) is 37.0 Å². The van der Waals surface area contributed by atoms with Crippen LogP contribution in [0.2, 0.25) is 0 Å². The molecule has 8 nitrogen and oxygen atoms in total. The summed E-state index contributed by atoms with van der Waals surface area (Å²) in [5, 5.41) is 14.3. The standard InChI is InChI=1S/C21H29FN2O6.C4H6/c1-4-14-7-5-8-15(11-14)12-17(25)24-19(13(2)3)20(27)23-16(21(28)29)9-6-10-18(26)30-22;1-3-4-2/h5,7-8,11,13,16,19H,4,6,9-10,12H2,1-3H3,(H,23,27)(H,24,25)(H,28,29);3-4H,1-2H2/t16-,19+;/m1./s1. The number of aliphatic carboxylic acids is 1. The van der Waals surface area contributed by atoms with E-state index in [0.717, 1.165) is 17.5 Å². The number of aryl methyl sites for hydroxylation is 1. The molecule has 0 bridgehead atoms. The van der Waals surface area contributed by atoms with E-state index in [1.807, 2.05) is 31.2 Å². The van der Waals surface area contributed by atoms with E-state index in [-0.39, 0.29) is 37.5 Å². The molecule has 0 aliphatic carbocycles. The number of rotatable bonds is 13. The van der Waals surface area contributed by atoms with Gasteiger partial charge in [-0.05, 0) is 36.3 Å². The Hall–Kier alpha value is -3.49. The second-order valence-corrected chi connectivity index (χ2v) is 7.85. The summed E-state index contributed by atoms with van der Waals surface area (Å²) < 4.78 is 11.7. The van der Waals surface area contributed by atoms with Crippen LogP contribution in [0.3, 0.4) is 0 Å². The van der Waals surface area contributed by atoms with Crippen LogP contribution in [0, 0.1) is 5.92 Å². The molecule has 3 N–H and O–H groups in total. The molecule has 2 amide bonds. The third-order valence-corrected chi connectivity index (χ3v) is 4.77. The number of carboxylic acid groups (broad SMARTS) is 1. The summed E-state index contributed by atoms with van der Waals surface area (Å²) in [4.78, 5) is 50.3. The molecule has 0 fully saturated rings. The molecule has 2 atom stereocenters. The molecule has 0 aliphatic rings. The van der Waals surface area contributed by atoms with E-state index >= 15 is 0 Å². The molecule has 1 aromatic carbocycles. The van der Waals surface area contributed by atoms with Gasteiger partial charge in [0, 0.05) is 10.9 Å². The van der Waals surface area contributed by atoms with Crippen molar-refractivity contribution in [1.29, 1.82) is 0 Å². The summed E-state index contributed by atoms with van der Waals surface area (Å²) in [6, 6.07) is 5.38. The third-order valence-electron chi connectivity index (χ3n) is 4.77. The van der Waals surface area contributed by atoms with E-state index in [2.05, 4.69) is 28.7 Å². The second-order valence-electron chi connectivity index (χ2n) is 7.85. The molecule has 0 aromatic heterocycles. The monoisotopic (exact) mass is 478 g/mol. The van der Waals surface area contributed by atoms with Crippen LogP contribution >= 0.6 is 0 Å². The Kier molecular flexibility index (Phi) is 15.3. The largest absolute Gasteiger partial charge is 0.480 e. The first-order valence-electron chi connectivity index (χ1n) is 11.0. The van der Waals surface area contributed by atoms with Gasteiger partial charge in [-0.3, -0.25) is 14.5 Å². The number of hydrogen-bond donors (Lipinski definition) is 3. The molecule has 0 spiro atoms. The average molecular weight is 479 g/mol. The number of carboxylic acids is 1. The SMILES string of the molecule is C=CC=C.CCc1cccc(CC(=O)N[C@H](C(=O)N[C@H](CCCC(=O)OF)C(=O)O)C(C)C)c1. The minimum absolute atomic E-state index is 0.0203. The van der Waals surface area contributed by atoms with E-state index in [1.54, 1.807) is 26.0 Å². The van der Waals surface area contributed by atoms with Crippen LogP contribution in [0.15, 0.2) is 49.6 Å². The van der Waals surface area contributed by atoms with Crippen LogP contribution in [0.25, 0.3) is 0 Å². The van der Waals surface area contributed by atoms with Crippen LogP contribution < -0.4 is 10.6 Å². The minimum Gasteiger partial charge on any atom is -0.480 e. The lowest BCUT2D eigenvalue weighted by Gasteiger charge is -2.24. The number of nitrogens with one attached hydrogen (secondary N) is 2. The number of amides is 2. The zero-order valence-corrected chi connectivity index (χ0v) is 20.0. The first kappa shape index (κ1) is 30.5. The highest BCUT2D eigenvalue weighted by Crippen LogP contribution is 2.09. The molecule has 1 aromatic rings. The Bertz CT molecular complexity index is 834. The van der Waals surface area contributed by atoms with Crippen molar-refractivity contribution < 1.29 is 33.8 Å². The van der Waals surface area contributed by atoms with Crippen molar-refractivity contribution >= 4 is 23.8 Å². The molecular weight excluding hydrogens is 443 g/mol. The van der Waals surface area contributed by atoms with E-state index in [4.69, 9.17) is 0 Å². The van der Waals surface area contributed by atoms with Gasteiger partial charge in [-0.15, -0.1) is 0 Å². The van der Waals surface area contributed by atoms with Gasteiger partial charge >= 0.3 is 11.9 Å². The minimum atomic E-state index is -1.29. The van der Waals surface area contributed by atoms with Crippen molar-refractivity contribution in [2.45, 2.75) is 65.0 Å². The molecule has 0 aliphatic heterocycles. The zero-order chi connectivity index (χ0) is 26.1. The maximum Gasteiger partial charge on any atom is 0.348 e. The van der Waals surface area contributed by atoms with Crippen molar-refractivity contribution in [3.05, 3.63) is 60.7 Å². The number of carbonyl (C=O) groups is 4. The highest BCUT2D eigenvalue weighted by Gasteiger charge is 2.28. The summed E-state index contributed by atoms with van der Waals surface area (Å²) in [7, 11) is 0. The predicted molar refractivity (Wildman–Crippen MR) is 127 cm³/mol. The Morgan fingerprint density at radius 1 is 1.12 bits per heavy atom. The molecule has 0 unspecified atom stereocenters. The van der Waals surface area contributed by atoms with Gasteiger partial charge in [0.05, 0.1) is 6.42 Å². The van der Waals surface area contributed by atoms with Gasteiger partial charge in [-0.1, -0.05) is 70.3 Å². The molecule has 0 radical (unpaired) electrons. The fraction of sp³-hybridized carbons (Fsp3) is 0.440. The highest BCUT2D eigenvalue weighted by molar-refractivity contribution is 5.91. The number of carbonyl (C=O) groups excluding carboxylic acids is 3. The predicted octanol–water partition coefficient (Wildman–Crippen LogP) is 3.46. The Labute approximate surface area is 200 Å². The number of benzene rings is 1. The van der Waals surface area contributed by atoms with Gasteiger partial charge in [0.15, 0.2) is 0 Å². The van der Waals surface area contributed by atoms with Gasteiger partial charge in [0.1, 0.15) is 12.1 Å². The van der Waals surface area contributed by atoms with Crippen molar-refractivity contribution in [3.8, 4) is 0 Å². The molecule has 0 heterocycles. The van der Waals surface area contributed by atoms with Crippen molar-refractivity contribution in [1.82, 2.24) is 10.6 Å². The molecule has 34 heavy (non-hydrogen) atoms. The Morgan fingerprint density at radius 2 is 1.74 bits per heavy atom. The third kappa shape index (κ3) is 12.5. The summed E-state index contributed by atoms with van der Waals surface area (Å²) in [6.07, 6.45) is 3.84. The molecule has 9 heteroatoms. The first-order chi connectivity index (χ1) is 16.1. The van der Waals surface area contributed by atoms with E-state index in [0.29, 0.717) is 0 Å². The molecule has 0 saturated heterocycles. The van der Waals surface area contributed by atoms with Crippen molar-refractivity contribution in [2.24, 2.45) is 5.92 Å². The van der Waals surface area contributed by atoms with E-state index in [9.17, 15) is 28.8 Å². The van der Waals surface area contributed by atoms with Crippen LogP contribution in [0.4, 0.5) is 4.53 Å². The Morgan fingerprint density at radius 3 is 2.24 bits per heavy atom. The van der Waals surface area contributed by atoms with Crippen LogP contribution in [0.5, 0.6) is 0 Å². The molecule has 188 valence electrons. The lowest BCUT2D eigenvalue weighted by Crippen LogP contribution is -2.54. The van der Waals surface area contributed by atoms with Gasteiger partial charge in [-0.25, -0.2) is 9.59 Å². The fourth-order valence-electron chi connectivity index (χ4n) is 2.91. The van der Waals surface area contributed by atoms with Crippen molar-refractivity contribution in [3.63, 3.8) is 0 Å². The fourth-order valence-corrected chi connectivity index (χ4v) is 2.91. The van der Waals surface area contributed by atoms with Crippen LogP contribution in [-0.4, -0.2) is 40.9 Å². The topological polar surface area (TPSA) is 122 Å². The number of hydrogen-bond acceptors (Lipinski definition) is 5. The lowest BCUT2D eigenvalue weighted by atomic mass is 10.0. The van der Waals surface area contributed by atoms with Gasteiger partial charge in [0.2, 0.25) is 11.8 Å². The summed E-state index contributed by atoms with van der Waals surface area (Å²) in [5.74, 6) is -3.67. The normalized spacial score (nSPS) is 11.8.